The lowest BCUT2D eigenvalue weighted by atomic mass is 10.0. The standard InChI is InChI=1S/C19H22N2O/c1-2-8-16(9-3-1)19(14-17-10-4-6-12-20-17)21-15-18-11-5-7-13-22-18/h1-4,6-10,12-13,18-19,21H,5,11,14-15H2. The molecular formula is C19H22N2O. The van der Waals surface area contributed by atoms with E-state index in [0.29, 0.717) is 0 Å². The molecule has 0 fully saturated rings. The van der Waals surface area contributed by atoms with Gasteiger partial charge in [-0.05, 0) is 36.6 Å². The first-order valence-electron chi connectivity index (χ1n) is 7.90. The molecule has 3 nitrogen and oxygen atoms in total. The van der Waals surface area contributed by atoms with Crippen LogP contribution in [0.5, 0.6) is 0 Å². The second-order valence-corrected chi connectivity index (χ2v) is 5.60. The van der Waals surface area contributed by atoms with Gasteiger partial charge in [0.1, 0.15) is 6.10 Å². The van der Waals surface area contributed by atoms with Crippen LogP contribution in [0.4, 0.5) is 0 Å². The quantitative estimate of drug-likeness (QED) is 0.883. The van der Waals surface area contributed by atoms with Crippen molar-refractivity contribution in [1.29, 1.82) is 0 Å². The first kappa shape index (κ1) is 14.8. The number of hydrogen-bond acceptors (Lipinski definition) is 3. The lowest BCUT2D eigenvalue weighted by Gasteiger charge is -2.24. The van der Waals surface area contributed by atoms with Gasteiger partial charge in [0.25, 0.3) is 0 Å². The fourth-order valence-electron chi connectivity index (χ4n) is 2.73. The van der Waals surface area contributed by atoms with Gasteiger partial charge in [0.2, 0.25) is 0 Å². The summed E-state index contributed by atoms with van der Waals surface area (Å²) < 4.78 is 5.66. The molecule has 2 aromatic rings. The summed E-state index contributed by atoms with van der Waals surface area (Å²) in [5.41, 5.74) is 2.40. The maximum Gasteiger partial charge on any atom is 0.110 e. The van der Waals surface area contributed by atoms with E-state index in [9.17, 15) is 0 Å². The molecule has 0 radical (unpaired) electrons. The molecule has 2 atom stereocenters. The number of benzene rings is 1. The predicted octanol–water partition coefficient (Wildman–Crippen LogP) is 3.65. The number of nitrogens with one attached hydrogen (secondary N) is 1. The monoisotopic (exact) mass is 294 g/mol. The maximum atomic E-state index is 5.66. The Hall–Kier alpha value is -2.13. The second-order valence-electron chi connectivity index (χ2n) is 5.60. The van der Waals surface area contributed by atoms with Crippen LogP contribution in [0.1, 0.15) is 30.1 Å². The first-order valence-corrected chi connectivity index (χ1v) is 7.90. The number of pyridine rings is 1. The number of rotatable bonds is 6. The molecule has 3 rings (SSSR count). The fraction of sp³-hybridized carbons (Fsp3) is 0.316. The van der Waals surface area contributed by atoms with Crippen LogP contribution in [0, 0.1) is 0 Å². The van der Waals surface area contributed by atoms with Crippen molar-refractivity contribution in [2.75, 3.05) is 6.54 Å². The minimum absolute atomic E-state index is 0.255. The highest BCUT2D eigenvalue weighted by molar-refractivity contribution is 5.21. The van der Waals surface area contributed by atoms with Crippen LogP contribution in [0.2, 0.25) is 0 Å². The van der Waals surface area contributed by atoms with Gasteiger partial charge in [-0.25, -0.2) is 0 Å². The van der Waals surface area contributed by atoms with Gasteiger partial charge in [0, 0.05) is 30.9 Å². The van der Waals surface area contributed by atoms with Crippen molar-refractivity contribution < 1.29 is 4.74 Å². The van der Waals surface area contributed by atoms with Crippen molar-refractivity contribution in [1.82, 2.24) is 10.3 Å². The predicted molar refractivity (Wildman–Crippen MR) is 88.4 cm³/mol. The molecule has 0 aliphatic carbocycles. The minimum atomic E-state index is 0.255. The molecule has 2 unspecified atom stereocenters. The molecular weight excluding hydrogens is 272 g/mol. The topological polar surface area (TPSA) is 34.1 Å². The number of ether oxygens (including phenoxy) is 1. The van der Waals surface area contributed by atoms with E-state index in [1.165, 1.54) is 5.56 Å². The third-order valence-corrected chi connectivity index (χ3v) is 3.96. The van der Waals surface area contributed by atoms with E-state index in [0.717, 1.165) is 31.5 Å². The van der Waals surface area contributed by atoms with Crippen LogP contribution in [0.25, 0.3) is 0 Å². The summed E-state index contributed by atoms with van der Waals surface area (Å²) in [6, 6.07) is 16.9. The van der Waals surface area contributed by atoms with Gasteiger partial charge in [-0.1, -0.05) is 36.4 Å². The highest BCUT2D eigenvalue weighted by Gasteiger charge is 2.16. The molecule has 1 aromatic carbocycles. The van der Waals surface area contributed by atoms with Gasteiger partial charge in [0.05, 0.1) is 6.26 Å². The fourth-order valence-corrected chi connectivity index (χ4v) is 2.73. The molecule has 22 heavy (non-hydrogen) atoms. The van der Waals surface area contributed by atoms with E-state index >= 15 is 0 Å². The molecule has 2 heterocycles. The summed E-state index contributed by atoms with van der Waals surface area (Å²) in [7, 11) is 0. The van der Waals surface area contributed by atoms with Gasteiger partial charge in [-0.3, -0.25) is 4.98 Å². The number of nitrogens with zero attached hydrogens (tertiary/aromatic N) is 1. The Bertz CT molecular complexity index is 583. The highest BCUT2D eigenvalue weighted by Crippen LogP contribution is 2.18. The van der Waals surface area contributed by atoms with Crippen molar-refractivity contribution in [3.8, 4) is 0 Å². The Morgan fingerprint density at radius 1 is 1.14 bits per heavy atom. The molecule has 1 aromatic heterocycles. The normalized spacial score (nSPS) is 18.6. The summed E-state index contributed by atoms with van der Waals surface area (Å²) in [6.07, 6.45) is 9.09. The molecule has 1 aliphatic heterocycles. The molecule has 0 saturated carbocycles. The van der Waals surface area contributed by atoms with Crippen LogP contribution < -0.4 is 5.32 Å². The smallest absolute Gasteiger partial charge is 0.110 e. The number of allylic oxidation sites excluding steroid dienone is 1. The SMILES string of the molecule is C1=COC(CNC(Cc2ccccn2)c2ccccc2)CC1. The van der Waals surface area contributed by atoms with Crippen molar-refractivity contribution in [2.45, 2.75) is 31.4 Å². The van der Waals surface area contributed by atoms with E-state index in [1.54, 1.807) is 0 Å². The second kappa shape index (κ2) is 7.76. The lowest BCUT2D eigenvalue weighted by Crippen LogP contribution is -2.33. The highest BCUT2D eigenvalue weighted by atomic mass is 16.5. The molecule has 0 amide bonds. The Morgan fingerprint density at radius 3 is 2.73 bits per heavy atom. The van der Waals surface area contributed by atoms with E-state index < -0.39 is 0 Å². The Kier molecular flexibility index (Phi) is 5.22. The summed E-state index contributed by atoms with van der Waals surface area (Å²) in [4.78, 5) is 4.46. The molecule has 114 valence electrons. The average molecular weight is 294 g/mol. The van der Waals surface area contributed by atoms with Crippen molar-refractivity contribution >= 4 is 0 Å². The zero-order valence-electron chi connectivity index (χ0n) is 12.7. The first-order chi connectivity index (χ1) is 10.9. The lowest BCUT2D eigenvalue weighted by molar-refractivity contribution is 0.119. The molecule has 1 N–H and O–H groups in total. The molecule has 0 saturated heterocycles. The van der Waals surface area contributed by atoms with E-state index in [4.69, 9.17) is 4.74 Å². The van der Waals surface area contributed by atoms with Crippen molar-refractivity contribution in [3.63, 3.8) is 0 Å². The minimum Gasteiger partial charge on any atom is -0.497 e. The summed E-state index contributed by atoms with van der Waals surface area (Å²) in [5.74, 6) is 0. The van der Waals surface area contributed by atoms with Gasteiger partial charge >= 0.3 is 0 Å². The summed E-state index contributed by atoms with van der Waals surface area (Å²) in [5, 5.41) is 3.66. The number of aromatic nitrogens is 1. The van der Waals surface area contributed by atoms with Gasteiger partial charge in [-0.15, -0.1) is 0 Å². The van der Waals surface area contributed by atoms with Crippen LogP contribution in [-0.2, 0) is 11.2 Å². The van der Waals surface area contributed by atoms with E-state index in [1.807, 2.05) is 24.6 Å². The largest absolute Gasteiger partial charge is 0.497 e. The zero-order chi connectivity index (χ0) is 15.0. The van der Waals surface area contributed by atoms with Crippen molar-refractivity contribution in [3.05, 3.63) is 78.3 Å². The Morgan fingerprint density at radius 2 is 2.00 bits per heavy atom. The van der Waals surface area contributed by atoms with Gasteiger partial charge in [0.15, 0.2) is 0 Å². The zero-order valence-corrected chi connectivity index (χ0v) is 12.7. The van der Waals surface area contributed by atoms with Crippen LogP contribution in [0.15, 0.2) is 67.1 Å². The third-order valence-electron chi connectivity index (χ3n) is 3.96. The summed E-state index contributed by atoms with van der Waals surface area (Å²) in [6.45, 7) is 0.858. The van der Waals surface area contributed by atoms with Gasteiger partial charge < -0.3 is 10.1 Å². The molecule has 1 aliphatic rings. The maximum absolute atomic E-state index is 5.66. The van der Waals surface area contributed by atoms with Crippen LogP contribution in [0.3, 0.4) is 0 Å². The third kappa shape index (κ3) is 4.18. The van der Waals surface area contributed by atoms with E-state index in [2.05, 4.69) is 52.8 Å². The van der Waals surface area contributed by atoms with Crippen LogP contribution >= 0.6 is 0 Å². The summed E-state index contributed by atoms with van der Waals surface area (Å²) >= 11 is 0. The Balaban J connectivity index is 1.67. The molecule has 0 spiro atoms. The molecule has 0 bridgehead atoms. The number of hydrogen-bond donors (Lipinski definition) is 1. The Labute approximate surface area is 132 Å². The molecule has 3 heteroatoms. The van der Waals surface area contributed by atoms with Gasteiger partial charge in [-0.2, -0.15) is 0 Å². The van der Waals surface area contributed by atoms with Crippen LogP contribution in [-0.4, -0.2) is 17.6 Å². The van der Waals surface area contributed by atoms with E-state index in [-0.39, 0.29) is 12.1 Å². The average Bonchev–Trinajstić information content (AvgIpc) is 2.61. The van der Waals surface area contributed by atoms with Crippen molar-refractivity contribution in [2.24, 2.45) is 0 Å².